The molecule has 2 unspecified atom stereocenters. The molecule has 9 heteroatoms. The van der Waals surface area contributed by atoms with Crippen molar-refractivity contribution in [2.24, 2.45) is 11.8 Å². The number of likely N-dealkylation sites (tertiary alicyclic amines) is 2. The van der Waals surface area contributed by atoms with E-state index in [1.54, 1.807) is 12.1 Å². The normalized spacial score (nSPS) is 23.4. The second-order valence-electron chi connectivity index (χ2n) is 9.91. The highest BCUT2D eigenvalue weighted by Gasteiger charge is 2.40. The number of carbonyl (C=O) groups excluding carboxylic acids is 2. The Hall–Kier alpha value is -1.12. The zero-order valence-corrected chi connectivity index (χ0v) is 23.5. The van der Waals surface area contributed by atoms with E-state index in [1.807, 2.05) is 13.0 Å². The van der Waals surface area contributed by atoms with Crippen molar-refractivity contribution in [1.29, 1.82) is 0 Å². The zero-order chi connectivity index (χ0) is 24.1. The molecule has 1 aromatic rings. The Morgan fingerprint density at radius 3 is 2.44 bits per heavy atom. The number of Topliss-reactive ketones (excluding diaryl/α,β-unsaturated/α-hetero) is 1. The summed E-state index contributed by atoms with van der Waals surface area (Å²) in [5, 5.41) is 0.162. The molecule has 202 valence electrons. The van der Waals surface area contributed by atoms with Gasteiger partial charge in [-0.15, -0.1) is 24.8 Å². The van der Waals surface area contributed by atoms with Gasteiger partial charge in [0.15, 0.2) is 5.78 Å². The number of ether oxygens (including phenoxy) is 1. The fraction of sp³-hybridized carbons (Fsp3) is 0.630. The molecule has 3 aliphatic rings. The average Bonchev–Trinajstić information content (AvgIpc) is 3.67. The van der Waals surface area contributed by atoms with Crippen LogP contribution in [0.5, 0.6) is 0 Å². The molecule has 0 aromatic heterocycles. The fourth-order valence-electron chi connectivity index (χ4n) is 5.21. The van der Waals surface area contributed by atoms with Crippen LogP contribution in [0, 0.1) is 17.7 Å². The van der Waals surface area contributed by atoms with Gasteiger partial charge in [-0.05, 0) is 69.7 Å². The van der Waals surface area contributed by atoms with Gasteiger partial charge in [0.1, 0.15) is 5.82 Å². The van der Waals surface area contributed by atoms with E-state index < -0.39 is 6.04 Å². The van der Waals surface area contributed by atoms with Crippen molar-refractivity contribution in [2.45, 2.75) is 56.7 Å². The first kappa shape index (κ1) is 31.1. The summed E-state index contributed by atoms with van der Waals surface area (Å²) < 4.78 is 19.8. The molecule has 2 saturated heterocycles. The van der Waals surface area contributed by atoms with Crippen molar-refractivity contribution in [3.05, 3.63) is 47.3 Å². The van der Waals surface area contributed by atoms with Crippen molar-refractivity contribution < 1.29 is 18.7 Å². The van der Waals surface area contributed by atoms with Crippen LogP contribution in [0.2, 0.25) is 0 Å². The molecule has 5 nitrogen and oxygen atoms in total. The predicted molar refractivity (Wildman–Crippen MR) is 149 cm³/mol. The predicted octanol–water partition coefficient (Wildman–Crippen LogP) is 5.29. The minimum absolute atomic E-state index is 0. The lowest BCUT2D eigenvalue weighted by Crippen LogP contribution is -2.43. The van der Waals surface area contributed by atoms with Crippen LogP contribution in [0.4, 0.5) is 4.39 Å². The van der Waals surface area contributed by atoms with E-state index in [0.717, 1.165) is 58.3 Å². The Labute approximate surface area is 232 Å². The van der Waals surface area contributed by atoms with Gasteiger partial charge in [0.05, 0.1) is 12.6 Å². The van der Waals surface area contributed by atoms with Crippen molar-refractivity contribution in [3.8, 4) is 0 Å². The number of hydrogen-bond donors (Lipinski definition) is 1. The first-order valence-corrected chi connectivity index (χ1v) is 13.2. The molecular formula is C27H39Cl2FN2O3S. The molecule has 2 aliphatic heterocycles. The third kappa shape index (κ3) is 8.19. The number of nitrogens with zero attached hydrogens (tertiary/aromatic N) is 2. The van der Waals surface area contributed by atoms with Gasteiger partial charge in [-0.25, -0.2) is 4.39 Å². The molecule has 0 N–H and O–H groups in total. The van der Waals surface area contributed by atoms with Gasteiger partial charge >= 0.3 is 5.97 Å². The number of piperidine rings is 2. The Morgan fingerprint density at radius 2 is 1.81 bits per heavy atom. The number of ketones is 1. The highest BCUT2D eigenvalue weighted by Crippen LogP contribution is 2.39. The van der Waals surface area contributed by atoms with Crippen LogP contribution < -0.4 is 0 Å². The quantitative estimate of drug-likeness (QED) is 0.253. The minimum Gasteiger partial charge on any atom is -0.466 e. The van der Waals surface area contributed by atoms with Gasteiger partial charge in [-0.1, -0.05) is 24.3 Å². The second kappa shape index (κ2) is 14.7. The molecule has 2 heterocycles. The summed E-state index contributed by atoms with van der Waals surface area (Å²) in [6.45, 7) is 6.44. The van der Waals surface area contributed by atoms with Crippen LogP contribution in [0.15, 0.2) is 35.9 Å². The Kier molecular flexibility index (Phi) is 12.7. The highest BCUT2D eigenvalue weighted by molar-refractivity contribution is 7.81. The molecule has 1 saturated carbocycles. The first-order valence-electron chi connectivity index (χ1n) is 12.7. The minimum atomic E-state index is -0.517. The van der Waals surface area contributed by atoms with Crippen LogP contribution in [-0.4, -0.2) is 66.1 Å². The molecule has 0 spiro atoms. The number of esters is 1. The molecule has 0 radical (unpaired) electrons. The summed E-state index contributed by atoms with van der Waals surface area (Å²) in [7, 11) is 0. The Morgan fingerprint density at radius 1 is 1.11 bits per heavy atom. The van der Waals surface area contributed by atoms with Gasteiger partial charge in [-0.3, -0.25) is 19.4 Å². The van der Waals surface area contributed by atoms with Gasteiger partial charge < -0.3 is 4.74 Å². The van der Waals surface area contributed by atoms with Crippen molar-refractivity contribution in [1.82, 2.24) is 9.80 Å². The topological polar surface area (TPSA) is 49.9 Å². The molecule has 1 aliphatic carbocycles. The Balaban J connectivity index is 0.00000228. The van der Waals surface area contributed by atoms with Crippen LogP contribution >= 0.6 is 37.4 Å². The molecular weight excluding hydrogens is 522 g/mol. The SMILES string of the molecule is CCOC(=O)CC1CCN(CC=C2CN(C(C(=O)C3CC3)c3ccccc3F)CCC2S)CC1.Cl.Cl. The maximum Gasteiger partial charge on any atom is 0.306 e. The Bertz CT molecular complexity index is 907. The molecule has 4 rings (SSSR count). The van der Waals surface area contributed by atoms with Gasteiger partial charge in [-0.2, -0.15) is 12.6 Å². The molecule has 0 bridgehead atoms. The van der Waals surface area contributed by atoms with E-state index in [1.165, 1.54) is 11.6 Å². The average molecular weight is 562 g/mol. The number of thiol groups is 1. The van der Waals surface area contributed by atoms with E-state index in [9.17, 15) is 14.0 Å². The third-order valence-electron chi connectivity index (χ3n) is 7.40. The largest absolute Gasteiger partial charge is 0.466 e. The van der Waals surface area contributed by atoms with E-state index in [-0.39, 0.29) is 53.6 Å². The maximum absolute atomic E-state index is 14.7. The van der Waals surface area contributed by atoms with Crippen LogP contribution in [0.3, 0.4) is 0 Å². The van der Waals surface area contributed by atoms with E-state index >= 15 is 0 Å². The number of carbonyl (C=O) groups is 2. The second-order valence-corrected chi connectivity index (χ2v) is 10.5. The van der Waals surface area contributed by atoms with Crippen LogP contribution in [0.25, 0.3) is 0 Å². The molecule has 1 aromatic carbocycles. The summed E-state index contributed by atoms with van der Waals surface area (Å²) in [5.74, 6) is 0.243. The fourth-order valence-corrected chi connectivity index (χ4v) is 5.51. The maximum atomic E-state index is 14.7. The molecule has 2 atom stereocenters. The first-order chi connectivity index (χ1) is 16.5. The van der Waals surface area contributed by atoms with Crippen molar-refractivity contribution in [3.63, 3.8) is 0 Å². The van der Waals surface area contributed by atoms with E-state index in [4.69, 9.17) is 17.4 Å². The number of halogens is 3. The lowest BCUT2D eigenvalue weighted by molar-refractivity contribution is -0.144. The number of rotatable bonds is 9. The van der Waals surface area contributed by atoms with Crippen LogP contribution in [-0.2, 0) is 14.3 Å². The van der Waals surface area contributed by atoms with Crippen LogP contribution in [0.1, 0.15) is 57.1 Å². The van der Waals surface area contributed by atoms with Gasteiger partial charge in [0, 0.05) is 42.8 Å². The lowest BCUT2D eigenvalue weighted by atomic mass is 9.92. The van der Waals surface area contributed by atoms with Crippen molar-refractivity contribution >= 4 is 49.2 Å². The summed E-state index contributed by atoms with van der Waals surface area (Å²) in [4.78, 5) is 29.5. The lowest BCUT2D eigenvalue weighted by Gasteiger charge is -2.38. The monoisotopic (exact) mass is 560 g/mol. The summed E-state index contributed by atoms with van der Waals surface area (Å²) in [6, 6.07) is 6.20. The number of benzene rings is 1. The van der Waals surface area contributed by atoms with E-state index in [0.29, 0.717) is 31.1 Å². The molecule has 3 fully saturated rings. The summed E-state index contributed by atoms with van der Waals surface area (Å²) >= 11 is 4.82. The highest BCUT2D eigenvalue weighted by atomic mass is 35.5. The standard InChI is InChI=1S/C27H37FN2O3S.2ClH/c1-2-33-25(31)17-19-9-13-29(14-10-19)15-11-21-18-30(16-12-24(21)34)26(27(32)20-7-8-20)22-5-3-4-6-23(22)28;;/h3-6,11,19-20,24,26,34H,2,7-10,12-18H2,1H3;2*1H. The smallest absolute Gasteiger partial charge is 0.306 e. The molecule has 0 amide bonds. The van der Waals surface area contributed by atoms with E-state index in [2.05, 4.69) is 15.9 Å². The van der Waals surface area contributed by atoms with Crippen molar-refractivity contribution in [2.75, 3.05) is 39.3 Å². The zero-order valence-electron chi connectivity index (χ0n) is 20.9. The summed E-state index contributed by atoms with van der Waals surface area (Å²) in [5.41, 5.74) is 1.72. The molecule has 36 heavy (non-hydrogen) atoms. The summed E-state index contributed by atoms with van der Waals surface area (Å²) in [6.07, 6.45) is 7.47. The number of hydrogen-bond acceptors (Lipinski definition) is 6. The van der Waals surface area contributed by atoms with Gasteiger partial charge in [0.2, 0.25) is 0 Å². The van der Waals surface area contributed by atoms with Gasteiger partial charge in [0.25, 0.3) is 0 Å². The third-order valence-corrected chi connectivity index (χ3v) is 7.99.